The van der Waals surface area contributed by atoms with Crippen LogP contribution in [0.25, 0.3) is 0 Å². The van der Waals surface area contributed by atoms with E-state index in [1.165, 1.54) is 25.1 Å². The molecule has 0 unspecified atom stereocenters. The third-order valence-corrected chi connectivity index (χ3v) is 3.28. The zero-order valence-electron chi connectivity index (χ0n) is 12.9. The van der Waals surface area contributed by atoms with Crippen LogP contribution < -0.4 is 0 Å². The van der Waals surface area contributed by atoms with Gasteiger partial charge in [0.05, 0.1) is 19.2 Å². The van der Waals surface area contributed by atoms with Gasteiger partial charge in [0.2, 0.25) is 0 Å². The van der Waals surface area contributed by atoms with Gasteiger partial charge in [-0.2, -0.15) is 0 Å². The molecule has 0 spiro atoms. The number of esters is 1. The first-order chi connectivity index (χ1) is 10.8. The van der Waals surface area contributed by atoms with Gasteiger partial charge in [-0.15, -0.1) is 0 Å². The van der Waals surface area contributed by atoms with E-state index in [1.807, 2.05) is 0 Å². The summed E-state index contributed by atoms with van der Waals surface area (Å²) >= 11 is 0. The van der Waals surface area contributed by atoms with Gasteiger partial charge in [0.15, 0.2) is 0 Å². The Morgan fingerprint density at radius 2 is 1.91 bits per heavy atom. The number of furan rings is 1. The molecule has 5 nitrogen and oxygen atoms in total. The Labute approximate surface area is 131 Å². The molecule has 7 heteroatoms. The Balaban J connectivity index is 2.17. The number of methoxy groups -OCH3 is 1. The summed E-state index contributed by atoms with van der Waals surface area (Å²) in [7, 11) is 2.70. The van der Waals surface area contributed by atoms with Gasteiger partial charge in [-0.3, -0.25) is 4.79 Å². The molecule has 0 saturated carbocycles. The van der Waals surface area contributed by atoms with Crippen molar-refractivity contribution >= 4 is 11.9 Å². The summed E-state index contributed by atoms with van der Waals surface area (Å²) in [5, 5.41) is 0. The third-order valence-electron chi connectivity index (χ3n) is 3.28. The third kappa shape index (κ3) is 3.56. The Hall–Kier alpha value is -2.70. The fourth-order valence-electron chi connectivity index (χ4n) is 2.11. The van der Waals surface area contributed by atoms with Gasteiger partial charge in [-0.25, -0.2) is 13.6 Å². The Morgan fingerprint density at radius 1 is 1.22 bits per heavy atom. The highest BCUT2D eigenvalue weighted by Crippen LogP contribution is 2.18. The maximum Gasteiger partial charge on any atom is 0.341 e. The molecule has 0 radical (unpaired) electrons. The zero-order valence-corrected chi connectivity index (χ0v) is 12.9. The second kappa shape index (κ2) is 6.60. The number of hydrogen-bond donors (Lipinski definition) is 0. The first-order valence-corrected chi connectivity index (χ1v) is 6.71. The minimum atomic E-state index is -0.937. The summed E-state index contributed by atoms with van der Waals surface area (Å²) in [4.78, 5) is 24.9. The van der Waals surface area contributed by atoms with Crippen molar-refractivity contribution in [1.29, 1.82) is 0 Å². The molecule has 0 N–H and O–H groups in total. The summed E-state index contributed by atoms with van der Waals surface area (Å²) in [6.07, 6.45) is 0. The van der Waals surface area contributed by atoms with Crippen LogP contribution in [0.5, 0.6) is 0 Å². The first-order valence-electron chi connectivity index (χ1n) is 6.71. The highest BCUT2D eigenvalue weighted by atomic mass is 19.1. The Kier molecular flexibility index (Phi) is 4.78. The fourth-order valence-corrected chi connectivity index (χ4v) is 2.11. The van der Waals surface area contributed by atoms with E-state index in [-0.39, 0.29) is 17.7 Å². The van der Waals surface area contributed by atoms with Crippen LogP contribution in [0.4, 0.5) is 8.78 Å². The van der Waals surface area contributed by atoms with Crippen molar-refractivity contribution in [3.63, 3.8) is 0 Å². The van der Waals surface area contributed by atoms with Gasteiger partial charge in [-0.1, -0.05) is 0 Å². The van der Waals surface area contributed by atoms with Gasteiger partial charge < -0.3 is 14.1 Å². The topological polar surface area (TPSA) is 59.8 Å². The van der Waals surface area contributed by atoms with E-state index >= 15 is 0 Å². The molecule has 0 fully saturated rings. The smallest absolute Gasteiger partial charge is 0.341 e. The average molecular weight is 323 g/mol. The molecule has 0 aliphatic heterocycles. The average Bonchev–Trinajstić information content (AvgIpc) is 2.86. The van der Waals surface area contributed by atoms with E-state index in [0.29, 0.717) is 17.6 Å². The van der Waals surface area contributed by atoms with Crippen molar-refractivity contribution in [2.45, 2.75) is 13.5 Å². The maximum atomic E-state index is 13.6. The van der Waals surface area contributed by atoms with Crippen LogP contribution >= 0.6 is 0 Å². The van der Waals surface area contributed by atoms with Crippen LogP contribution in [0, 0.1) is 18.6 Å². The lowest BCUT2D eigenvalue weighted by atomic mass is 10.2. The highest BCUT2D eigenvalue weighted by Gasteiger charge is 2.20. The van der Waals surface area contributed by atoms with Crippen molar-refractivity contribution in [2.75, 3.05) is 14.2 Å². The van der Waals surface area contributed by atoms with Crippen LogP contribution in [0.3, 0.4) is 0 Å². The number of halogens is 2. The Bertz CT molecular complexity index is 755. The van der Waals surface area contributed by atoms with E-state index in [1.54, 1.807) is 6.92 Å². The normalized spacial score (nSPS) is 10.5. The standard InChI is InChI=1S/C16H15F2NO4/c1-9-13(16(21)22-3)7-11(23-9)8-19(2)15(20)12-5-4-10(17)6-14(12)18/h4-7H,8H2,1-3H3. The second-order valence-electron chi connectivity index (χ2n) is 4.96. The van der Waals surface area contributed by atoms with Crippen molar-refractivity contribution in [3.8, 4) is 0 Å². The van der Waals surface area contributed by atoms with Gasteiger partial charge in [0.1, 0.15) is 28.7 Å². The molecular formula is C16H15F2NO4. The van der Waals surface area contributed by atoms with Crippen LogP contribution in [0.15, 0.2) is 28.7 Å². The number of aryl methyl sites for hydroxylation is 1. The van der Waals surface area contributed by atoms with Crippen LogP contribution in [0.2, 0.25) is 0 Å². The summed E-state index contributed by atoms with van der Waals surface area (Å²) in [6.45, 7) is 1.62. The van der Waals surface area contributed by atoms with Crippen molar-refractivity contribution in [3.05, 3.63) is 58.5 Å². The maximum absolute atomic E-state index is 13.6. The second-order valence-corrected chi connectivity index (χ2v) is 4.96. The van der Waals surface area contributed by atoms with Crippen LogP contribution in [-0.4, -0.2) is 30.9 Å². The predicted octanol–water partition coefficient (Wildman–Crippen LogP) is 2.93. The van der Waals surface area contributed by atoms with E-state index in [0.717, 1.165) is 12.1 Å². The number of benzene rings is 1. The fraction of sp³-hybridized carbons (Fsp3) is 0.250. The number of rotatable bonds is 4. The minimum Gasteiger partial charge on any atom is -0.465 e. The lowest BCUT2D eigenvalue weighted by molar-refractivity contribution is 0.0598. The molecule has 2 aromatic rings. The largest absolute Gasteiger partial charge is 0.465 e. The van der Waals surface area contributed by atoms with Crippen LogP contribution in [0.1, 0.15) is 32.2 Å². The van der Waals surface area contributed by atoms with Gasteiger partial charge in [0.25, 0.3) is 5.91 Å². The van der Waals surface area contributed by atoms with E-state index in [9.17, 15) is 18.4 Å². The molecule has 1 aromatic heterocycles. The summed E-state index contributed by atoms with van der Waals surface area (Å²) < 4.78 is 36.5. The van der Waals surface area contributed by atoms with Crippen molar-refractivity contribution in [2.24, 2.45) is 0 Å². The molecule has 23 heavy (non-hydrogen) atoms. The predicted molar refractivity (Wildman–Crippen MR) is 76.9 cm³/mol. The summed E-state index contributed by atoms with van der Waals surface area (Å²) in [6, 6.07) is 4.20. The molecule has 1 amide bonds. The zero-order chi connectivity index (χ0) is 17.1. The number of hydrogen-bond acceptors (Lipinski definition) is 4. The van der Waals surface area contributed by atoms with E-state index in [4.69, 9.17) is 4.42 Å². The summed E-state index contributed by atoms with van der Waals surface area (Å²) in [5.41, 5.74) is 0.0154. The molecule has 0 aliphatic rings. The van der Waals surface area contributed by atoms with Gasteiger partial charge in [0, 0.05) is 13.1 Å². The highest BCUT2D eigenvalue weighted by molar-refractivity contribution is 5.94. The molecule has 1 heterocycles. The number of nitrogens with zero attached hydrogens (tertiary/aromatic N) is 1. The van der Waals surface area contributed by atoms with E-state index < -0.39 is 23.5 Å². The Morgan fingerprint density at radius 3 is 2.52 bits per heavy atom. The molecule has 0 atom stereocenters. The van der Waals surface area contributed by atoms with Crippen LogP contribution in [-0.2, 0) is 11.3 Å². The van der Waals surface area contributed by atoms with Gasteiger partial charge >= 0.3 is 5.97 Å². The number of carbonyl (C=O) groups is 2. The minimum absolute atomic E-state index is 0.0213. The monoisotopic (exact) mass is 323 g/mol. The molecule has 2 rings (SSSR count). The summed E-state index contributed by atoms with van der Waals surface area (Å²) in [5.74, 6) is -2.16. The number of carbonyl (C=O) groups excluding carboxylic acids is 2. The molecular weight excluding hydrogens is 308 g/mol. The number of ether oxygens (including phenoxy) is 1. The molecule has 0 aliphatic carbocycles. The molecule has 0 bridgehead atoms. The van der Waals surface area contributed by atoms with E-state index in [2.05, 4.69) is 4.74 Å². The SMILES string of the molecule is COC(=O)c1cc(CN(C)C(=O)c2ccc(F)cc2F)oc1C. The first kappa shape index (κ1) is 16.7. The molecule has 1 aromatic carbocycles. The lowest BCUT2D eigenvalue weighted by Gasteiger charge is -2.16. The molecule has 122 valence electrons. The number of amides is 1. The van der Waals surface area contributed by atoms with Crippen molar-refractivity contribution in [1.82, 2.24) is 4.90 Å². The van der Waals surface area contributed by atoms with Gasteiger partial charge in [-0.05, 0) is 25.1 Å². The lowest BCUT2D eigenvalue weighted by Crippen LogP contribution is -2.26. The quantitative estimate of drug-likeness (QED) is 0.812. The molecule has 0 saturated heterocycles. The van der Waals surface area contributed by atoms with Crippen molar-refractivity contribution < 1.29 is 27.5 Å².